The molecule has 3 aromatic rings. The Morgan fingerprint density at radius 3 is 2.05 bits per heavy atom. The number of amides is 2. The number of nitrogens with one attached hydrogen (secondary N) is 1. The number of nitrogens with zero attached hydrogens (tertiary/aromatic N) is 3. The Hall–Kier alpha value is -3.40. The summed E-state index contributed by atoms with van der Waals surface area (Å²) >= 11 is 6.12. The molecular formula is C31H37ClN4O4S. The van der Waals surface area contributed by atoms with E-state index in [0.29, 0.717) is 10.7 Å². The largest absolute Gasteiger partial charge is 0.352 e. The van der Waals surface area contributed by atoms with Crippen LogP contribution in [0.3, 0.4) is 0 Å². The molecule has 0 radical (unpaired) electrons. The van der Waals surface area contributed by atoms with Gasteiger partial charge in [-0.1, -0.05) is 85.1 Å². The molecule has 0 spiro atoms. The second-order valence-corrected chi connectivity index (χ2v) is 13.0. The number of benzene rings is 3. The SMILES string of the molecule is CN(C)S(=O)(=O)N(CC(=O)N(Cc1ccc(Cl)cc1)[C@H](Cc1ccccc1)C(=O)NC1CCCC1)c1ccccc1. The van der Waals surface area contributed by atoms with Crippen molar-refractivity contribution in [2.75, 3.05) is 24.9 Å². The van der Waals surface area contributed by atoms with Gasteiger partial charge in [0.25, 0.3) is 0 Å². The van der Waals surface area contributed by atoms with Crippen LogP contribution in [-0.4, -0.2) is 62.2 Å². The molecule has 1 saturated carbocycles. The Balaban J connectivity index is 1.73. The quantitative estimate of drug-likeness (QED) is 0.330. The van der Waals surface area contributed by atoms with Crippen molar-refractivity contribution in [3.63, 3.8) is 0 Å². The first kappa shape index (κ1) is 30.6. The molecule has 41 heavy (non-hydrogen) atoms. The summed E-state index contributed by atoms with van der Waals surface area (Å²) in [5, 5.41) is 3.72. The standard InChI is InChI=1S/C31H37ClN4O4S/c1-34(2)41(39,40)36(28-15-7-4-8-16-28)23-30(37)35(22-25-17-19-26(32)20-18-25)29(21-24-11-5-3-6-12-24)31(38)33-27-13-9-10-14-27/h3-8,11-12,15-20,27,29H,9-10,13-14,21-23H2,1-2H3,(H,33,38)/t29-/m1/s1. The highest BCUT2D eigenvalue weighted by atomic mass is 35.5. The first-order valence-corrected chi connectivity index (χ1v) is 15.6. The van der Waals surface area contributed by atoms with E-state index < -0.39 is 28.7 Å². The van der Waals surface area contributed by atoms with E-state index in [4.69, 9.17) is 11.6 Å². The molecule has 3 aromatic carbocycles. The Morgan fingerprint density at radius 2 is 1.46 bits per heavy atom. The number of anilines is 1. The number of halogens is 1. The molecule has 1 atom stereocenters. The molecule has 8 nitrogen and oxygen atoms in total. The smallest absolute Gasteiger partial charge is 0.304 e. The summed E-state index contributed by atoms with van der Waals surface area (Å²) < 4.78 is 29.0. The number of para-hydroxylation sites is 1. The van der Waals surface area contributed by atoms with Gasteiger partial charge >= 0.3 is 10.2 Å². The molecule has 0 aromatic heterocycles. The maximum Gasteiger partial charge on any atom is 0.304 e. The monoisotopic (exact) mass is 596 g/mol. The topological polar surface area (TPSA) is 90.0 Å². The van der Waals surface area contributed by atoms with Crippen molar-refractivity contribution in [2.24, 2.45) is 0 Å². The van der Waals surface area contributed by atoms with Crippen LogP contribution < -0.4 is 9.62 Å². The molecule has 1 fully saturated rings. The van der Waals surface area contributed by atoms with Crippen molar-refractivity contribution < 1.29 is 18.0 Å². The average Bonchev–Trinajstić information content (AvgIpc) is 3.48. The van der Waals surface area contributed by atoms with Gasteiger partial charge in [-0.15, -0.1) is 0 Å². The molecule has 4 rings (SSSR count). The molecular weight excluding hydrogens is 560 g/mol. The Morgan fingerprint density at radius 1 is 0.878 bits per heavy atom. The Labute approximate surface area is 248 Å². The number of carbonyl (C=O) groups is 2. The number of carbonyl (C=O) groups excluding carboxylic acids is 2. The van der Waals surface area contributed by atoms with E-state index in [9.17, 15) is 18.0 Å². The van der Waals surface area contributed by atoms with Gasteiger partial charge in [0, 0.05) is 38.1 Å². The van der Waals surface area contributed by atoms with Gasteiger partial charge < -0.3 is 10.2 Å². The summed E-state index contributed by atoms with van der Waals surface area (Å²) in [5.74, 6) is -0.735. The van der Waals surface area contributed by atoms with E-state index in [1.54, 1.807) is 42.5 Å². The van der Waals surface area contributed by atoms with E-state index in [1.165, 1.54) is 19.0 Å². The van der Waals surface area contributed by atoms with Gasteiger partial charge in [0.2, 0.25) is 11.8 Å². The molecule has 0 aliphatic heterocycles. The van der Waals surface area contributed by atoms with Gasteiger partial charge in [-0.2, -0.15) is 12.7 Å². The van der Waals surface area contributed by atoms with Gasteiger partial charge in [0.05, 0.1) is 5.69 Å². The minimum Gasteiger partial charge on any atom is -0.352 e. The second-order valence-electron chi connectivity index (χ2n) is 10.5. The maximum absolute atomic E-state index is 14.2. The fourth-order valence-corrected chi connectivity index (χ4v) is 6.20. The van der Waals surface area contributed by atoms with Crippen LogP contribution in [0.1, 0.15) is 36.8 Å². The van der Waals surface area contributed by atoms with Crippen LogP contribution >= 0.6 is 11.6 Å². The van der Waals surface area contributed by atoms with Gasteiger partial charge in [-0.3, -0.25) is 9.59 Å². The van der Waals surface area contributed by atoms with Gasteiger partial charge in [-0.05, 0) is 48.2 Å². The first-order valence-electron chi connectivity index (χ1n) is 13.8. The van der Waals surface area contributed by atoms with E-state index >= 15 is 0 Å². The molecule has 1 aliphatic carbocycles. The van der Waals surface area contributed by atoms with E-state index in [0.717, 1.165) is 45.4 Å². The van der Waals surface area contributed by atoms with Crippen LogP contribution in [0.15, 0.2) is 84.9 Å². The summed E-state index contributed by atoms with van der Waals surface area (Å²) in [4.78, 5) is 29.6. The fourth-order valence-electron chi connectivity index (χ4n) is 5.02. The lowest BCUT2D eigenvalue weighted by Gasteiger charge is -2.35. The lowest BCUT2D eigenvalue weighted by Crippen LogP contribution is -2.55. The molecule has 1 aliphatic rings. The van der Waals surface area contributed by atoms with Crippen LogP contribution in [0, 0.1) is 0 Å². The minimum atomic E-state index is -4.02. The highest BCUT2D eigenvalue weighted by Crippen LogP contribution is 2.23. The van der Waals surface area contributed by atoms with Crippen molar-refractivity contribution in [1.82, 2.24) is 14.5 Å². The van der Waals surface area contributed by atoms with Crippen LogP contribution in [0.4, 0.5) is 5.69 Å². The zero-order valence-corrected chi connectivity index (χ0v) is 25.0. The summed E-state index contributed by atoms with van der Waals surface area (Å²) in [7, 11) is -1.17. The molecule has 218 valence electrons. The van der Waals surface area contributed by atoms with Crippen molar-refractivity contribution in [1.29, 1.82) is 0 Å². The molecule has 0 bridgehead atoms. The number of rotatable bonds is 12. The Bertz CT molecular complexity index is 1400. The highest BCUT2D eigenvalue weighted by Gasteiger charge is 2.35. The van der Waals surface area contributed by atoms with Crippen molar-refractivity contribution >= 4 is 39.3 Å². The molecule has 0 saturated heterocycles. The predicted octanol–water partition coefficient (Wildman–Crippen LogP) is 4.65. The number of hydrogen-bond acceptors (Lipinski definition) is 4. The van der Waals surface area contributed by atoms with Crippen molar-refractivity contribution in [3.05, 3.63) is 101 Å². The van der Waals surface area contributed by atoms with E-state index in [1.807, 2.05) is 42.5 Å². The summed E-state index contributed by atoms with van der Waals surface area (Å²) in [5.41, 5.74) is 2.03. The third kappa shape index (κ3) is 8.09. The van der Waals surface area contributed by atoms with Crippen LogP contribution in [0.5, 0.6) is 0 Å². The third-order valence-electron chi connectivity index (χ3n) is 7.30. The second kappa shape index (κ2) is 14.0. The minimum absolute atomic E-state index is 0.0585. The molecule has 10 heteroatoms. The normalized spacial score (nSPS) is 14.5. The summed E-state index contributed by atoms with van der Waals surface area (Å²) in [6, 6.07) is 24.3. The molecule has 0 heterocycles. The van der Waals surface area contributed by atoms with Gasteiger partial charge in [0.15, 0.2) is 0 Å². The van der Waals surface area contributed by atoms with E-state index in [-0.39, 0.29) is 24.9 Å². The highest BCUT2D eigenvalue weighted by molar-refractivity contribution is 7.90. The first-order chi connectivity index (χ1) is 19.6. The van der Waals surface area contributed by atoms with Crippen LogP contribution in [-0.2, 0) is 32.8 Å². The van der Waals surface area contributed by atoms with Crippen molar-refractivity contribution in [3.8, 4) is 0 Å². The van der Waals surface area contributed by atoms with Crippen LogP contribution in [0.2, 0.25) is 5.02 Å². The van der Waals surface area contributed by atoms with Crippen molar-refractivity contribution in [2.45, 2.75) is 50.7 Å². The molecule has 0 unspecified atom stereocenters. The molecule has 2 amide bonds. The molecule has 1 N–H and O–H groups in total. The fraction of sp³-hybridized carbons (Fsp3) is 0.355. The van der Waals surface area contributed by atoms with Gasteiger partial charge in [0.1, 0.15) is 12.6 Å². The zero-order valence-electron chi connectivity index (χ0n) is 23.4. The Kier molecular flexibility index (Phi) is 10.4. The average molecular weight is 597 g/mol. The van der Waals surface area contributed by atoms with Crippen LogP contribution in [0.25, 0.3) is 0 Å². The predicted molar refractivity (Wildman–Crippen MR) is 163 cm³/mol. The lowest BCUT2D eigenvalue weighted by molar-refractivity contribution is -0.140. The summed E-state index contributed by atoms with van der Waals surface area (Å²) in [6.45, 7) is -0.365. The van der Waals surface area contributed by atoms with E-state index in [2.05, 4.69) is 5.32 Å². The third-order valence-corrected chi connectivity index (χ3v) is 9.37. The zero-order chi connectivity index (χ0) is 29.4. The number of hydrogen-bond donors (Lipinski definition) is 1. The lowest BCUT2D eigenvalue weighted by atomic mass is 10.0. The summed E-state index contributed by atoms with van der Waals surface area (Å²) in [6.07, 6.45) is 4.19. The van der Waals surface area contributed by atoms with Gasteiger partial charge in [-0.25, -0.2) is 4.31 Å². The maximum atomic E-state index is 14.2.